The molecular formula is C22H23Cl2N5OS. The molecule has 2 aromatic carbocycles. The van der Waals surface area contributed by atoms with Gasteiger partial charge in [0.15, 0.2) is 11.0 Å². The number of hydrogen-bond acceptors (Lipinski definition) is 5. The summed E-state index contributed by atoms with van der Waals surface area (Å²) in [6.07, 6.45) is 2.43. The molecule has 1 atom stereocenters. The number of anilines is 1. The van der Waals surface area contributed by atoms with Gasteiger partial charge in [-0.15, -0.1) is 10.2 Å². The lowest BCUT2D eigenvalue weighted by atomic mass is 10.3. The van der Waals surface area contributed by atoms with Crippen LogP contribution < -0.4 is 5.32 Å². The second-order valence-electron chi connectivity index (χ2n) is 7.46. The van der Waals surface area contributed by atoms with Crippen molar-refractivity contribution in [2.45, 2.75) is 36.7 Å². The van der Waals surface area contributed by atoms with Crippen LogP contribution in [-0.4, -0.2) is 43.9 Å². The van der Waals surface area contributed by atoms with Crippen LogP contribution in [0.2, 0.25) is 10.0 Å². The first-order chi connectivity index (χ1) is 15.0. The van der Waals surface area contributed by atoms with Crippen molar-refractivity contribution < 1.29 is 4.79 Å². The Labute approximate surface area is 195 Å². The molecular weight excluding hydrogens is 453 g/mol. The zero-order chi connectivity index (χ0) is 21.8. The Hall–Kier alpha value is -2.06. The van der Waals surface area contributed by atoms with Crippen LogP contribution in [0.3, 0.4) is 0 Å². The number of para-hydroxylation sites is 1. The summed E-state index contributed by atoms with van der Waals surface area (Å²) in [5.74, 6) is 0.719. The molecule has 1 aliphatic heterocycles. The van der Waals surface area contributed by atoms with Gasteiger partial charge in [-0.1, -0.05) is 53.2 Å². The molecule has 0 unspecified atom stereocenters. The number of nitrogens with one attached hydrogen (secondary N) is 1. The highest BCUT2D eigenvalue weighted by molar-refractivity contribution is 8.00. The van der Waals surface area contributed by atoms with E-state index in [9.17, 15) is 4.79 Å². The predicted molar refractivity (Wildman–Crippen MR) is 126 cm³/mol. The number of carbonyl (C=O) groups excluding carboxylic acids is 1. The van der Waals surface area contributed by atoms with E-state index in [2.05, 4.69) is 20.4 Å². The second kappa shape index (κ2) is 10.0. The van der Waals surface area contributed by atoms with Crippen molar-refractivity contribution in [2.75, 3.05) is 18.4 Å². The molecule has 0 radical (unpaired) electrons. The van der Waals surface area contributed by atoms with Crippen LogP contribution in [-0.2, 0) is 11.3 Å². The molecule has 1 aliphatic rings. The lowest BCUT2D eigenvalue weighted by molar-refractivity contribution is -0.115. The molecule has 1 saturated heterocycles. The fourth-order valence-electron chi connectivity index (χ4n) is 3.54. The van der Waals surface area contributed by atoms with Gasteiger partial charge in [0.2, 0.25) is 5.91 Å². The van der Waals surface area contributed by atoms with E-state index in [1.807, 2.05) is 41.8 Å². The van der Waals surface area contributed by atoms with E-state index in [0.29, 0.717) is 20.9 Å². The van der Waals surface area contributed by atoms with E-state index in [0.717, 1.165) is 31.1 Å². The molecule has 1 aromatic heterocycles. The van der Waals surface area contributed by atoms with Crippen LogP contribution in [0.1, 0.15) is 25.6 Å². The van der Waals surface area contributed by atoms with Gasteiger partial charge >= 0.3 is 0 Å². The Kier molecular flexibility index (Phi) is 7.17. The highest BCUT2D eigenvalue weighted by Gasteiger charge is 2.23. The van der Waals surface area contributed by atoms with Crippen molar-refractivity contribution in [1.82, 2.24) is 19.7 Å². The number of benzene rings is 2. The molecule has 0 saturated carbocycles. The van der Waals surface area contributed by atoms with E-state index in [4.69, 9.17) is 23.2 Å². The molecule has 162 valence electrons. The van der Waals surface area contributed by atoms with Crippen molar-refractivity contribution >= 4 is 46.6 Å². The number of halogens is 2. The summed E-state index contributed by atoms with van der Waals surface area (Å²) in [5.41, 5.74) is 1.55. The molecule has 9 heteroatoms. The monoisotopic (exact) mass is 475 g/mol. The maximum Gasteiger partial charge on any atom is 0.237 e. The van der Waals surface area contributed by atoms with Crippen molar-refractivity contribution in [3.8, 4) is 5.69 Å². The molecule has 6 nitrogen and oxygen atoms in total. The minimum atomic E-state index is -0.399. The summed E-state index contributed by atoms with van der Waals surface area (Å²) in [6, 6.07) is 15.0. The van der Waals surface area contributed by atoms with Gasteiger partial charge in [-0.3, -0.25) is 14.3 Å². The SMILES string of the molecule is C[C@H](Sc1nnc(CN2CCCC2)n1-c1ccccc1)C(=O)Nc1cc(Cl)cc(Cl)c1. The topological polar surface area (TPSA) is 63.1 Å². The molecule has 0 spiro atoms. The third kappa shape index (κ3) is 5.60. The molecule has 4 rings (SSSR count). The Morgan fingerprint density at radius 3 is 2.45 bits per heavy atom. The number of likely N-dealkylation sites (tertiary alicyclic amines) is 1. The Morgan fingerprint density at radius 1 is 1.10 bits per heavy atom. The summed E-state index contributed by atoms with van der Waals surface area (Å²) in [4.78, 5) is 15.2. The predicted octanol–water partition coefficient (Wildman–Crippen LogP) is 5.29. The number of hydrogen-bond donors (Lipinski definition) is 1. The summed E-state index contributed by atoms with van der Waals surface area (Å²) >= 11 is 13.4. The van der Waals surface area contributed by atoms with Crippen LogP contribution in [0.5, 0.6) is 0 Å². The minimum Gasteiger partial charge on any atom is -0.325 e. The van der Waals surface area contributed by atoms with Crippen LogP contribution in [0.25, 0.3) is 5.69 Å². The molecule has 31 heavy (non-hydrogen) atoms. The highest BCUT2D eigenvalue weighted by Crippen LogP contribution is 2.28. The average molecular weight is 476 g/mol. The van der Waals surface area contributed by atoms with E-state index in [-0.39, 0.29) is 5.91 Å². The van der Waals surface area contributed by atoms with E-state index < -0.39 is 5.25 Å². The first kappa shape index (κ1) is 22.1. The first-order valence-corrected chi connectivity index (χ1v) is 11.8. The molecule has 0 bridgehead atoms. The van der Waals surface area contributed by atoms with Crippen LogP contribution in [0.4, 0.5) is 5.69 Å². The Morgan fingerprint density at radius 2 is 1.77 bits per heavy atom. The number of carbonyl (C=O) groups is 1. The van der Waals surface area contributed by atoms with E-state index in [1.54, 1.807) is 18.2 Å². The lowest BCUT2D eigenvalue weighted by Gasteiger charge is -2.17. The number of thioether (sulfide) groups is 1. The number of rotatable bonds is 7. The number of nitrogens with zero attached hydrogens (tertiary/aromatic N) is 4. The molecule has 1 fully saturated rings. The fourth-order valence-corrected chi connectivity index (χ4v) is 4.95. The van der Waals surface area contributed by atoms with Crippen molar-refractivity contribution in [2.24, 2.45) is 0 Å². The van der Waals surface area contributed by atoms with Crippen LogP contribution >= 0.6 is 35.0 Å². The van der Waals surface area contributed by atoms with Gasteiger partial charge in [0.1, 0.15) is 0 Å². The molecule has 2 heterocycles. The van der Waals surface area contributed by atoms with Gasteiger partial charge < -0.3 is 5.32 Å². The smallest absolute Gasteiger partial charge is 0.237 e. The third-order valence-corrected chi connectivity index (χ3v) is 6.54. The molecule has 0 aliphatic carbocycles. The normalized spacial score (nSPS) is 15.2. The summed E-state index contributed by atoms with van der Waals surface area (Å²) in [5, 5.41) is 13.0. The third-order valence-electron chi connectivity index (χ3n) is 5.06. The number of amides is 1. The maximum absolute atomic E-state index is 12.8. The largest absolute Gasteiger partial charge is 0.325 e. The summed E-state index contributed by atoms with van der Waals surface area (Å²) in [7, 11) is 0. The van der Waals surface area contributed by atoms with Gasteiger partial charge in [-0.05, 0) is 63.2 Å². The molecule has 1 N–H and O–H groups in total. The molecule has 3 aromatic rings. The van der Waals surface area contributed by atoms with Crippen LogP contribution in [0.15, 0.2) is 53.7 Å². The zero-order valence-electron chi connectivity index (χ0n) is 17.1. The minimum absolute atomic E-state index is 0.160. The molecule has 1 amide bonds. The van der Waals surface area contributed by atoms with Gasteiger partial charge in [0, 0.05) is 21.4 Å². The maximum atomic E-state index is 12.8. The van der Waals surface area contributed by atoms with Gasteiger partial charge in [-0.2, -0.15) is 0 Å². The number of aromatic nitrogens is 3. The first-order valence-electron chi connectivity index (χ1n) is 10.2. The van der Waals surface area contributed by atoms with Gasteiger partial charge in [0.05, 0.1) is 11.8 Å². The van der Waals surface area contributed by atoms with Crippen molar-refractivity contribution in [3.63, 3.8) is 0 Å². The zero-order valence-corrected chi connectivity index (χ0v) is 19.4. The van der Waals surface area contributed by atoms with Gasteiger partial charge in [-0.25, -0.2) is 0 Å². The summed E-state index contributed by atoms with van der Waals surface area (Å²) < 4.78 is 2.04. The Bertz CT molecular complexity index is 1030. The summed E-state index contributed by atoms with van der Waals surface area (Å²) in [6.45, 7) is 4.73. The second-order valence-corrected chi connectivity index (χ2v) is 9.64. The fraction of sp³-hybridized carbons (Fsp3) is 0.318. The standard InChI is InChI=1S/C22H23Cl2N5OS/c1-15(21(30)25-18-12-16(23)11-17(24)13-18)31-22-27-26-20(14-28-9-5-6-10-28)29(22)19-7-3-2-4-8-19/h2-4,7-8,11-13,15H,5-6,9-10,14H2,1H3,(H,25,30)/t15-/m0/s1. The van der Waals surface area contributed by atoms with E-state index >= 15 is 0 Å². The average Bonchev–Trinajstić information content (AvgIpc) is 3.38. The van der Waals surface area contributed by atoms with Gasteiger partial charge in [0.25, 0.3) is 0 Å². The lowest BCUT2D eigenvalue weighted by Crippen LogP contribution is -2.23. The van der Waals surface area contributed by atoms with Crippen molar-refractivity contribution in [1.29, 1.82) is 0 Å². The van der Waals surface area contributed by atoms with Crippen LogP contribution in [0, 0.1) is 0 Å². The quantitative estimate of drug-likeness (QED) is 0.470. The van der Waals surface area contributed by atoms with Crippen molar-refractivity contribution in [3.05, 3.63) is 64.4 Å². The van der Waals surface area contributed by atoms with E-state index in [1.165, 1.54) is 24.6 Å². The highest BCUT2D eigenvalue weighted by atomic mass is 35.5. The Balaban J connectivity index is 1.54.